The van der Waals surface area contributed by atoms with Gasteiger partial charge in [-0.3, -0.25) is 4.99 Å². The number of nitrogens with one attached hydrogen (secondary N) is 2. The fourth-order valence-corrected chi connectivity index (χ4v) is 4.45. The van der Waals surface area contributed by atoms with E-state index in [2.05, 4.69) is 43.1 Å². The van der Waals surface area contributed by atoms with Crippen LogP contribution < -0.4 is 10.6 Å². The van der Waals surface area contributed by atoms with Crippen molar-refractivity contribution in [3.05, 3.63) is 56.3 Å². The van der Waals surface area contributed by atoms with Gasteiger partial charge in [-0.25, -0.2) is 14.8 Å². The summed E-state index contributed by atoms with van der Waals surface area (Å²) >= 11 is 2.95. The smallest absolute Gasteiger partial charge is 0.350 e. The Morgan fingerprint density at radius 2 is 2.03 bits per heavy atom. The van der Waals surface area contributed by atoms with Gasteiger partial charge in [0.25, 0.3) is 0 Å². The van der Waals surface area contributed by atoms with Crippen molar-refractivity contribution in [1.29, 1.82) is 0 Å². The molecule has 2 N–H and O–H groups in total. The lowest BCUT2D eigenvalue weighted by molar-refractivity contribution is 0.0531. The minimum absolute atomic E-state index is 0.112. The van der Waals surface area contributed by atoms with Gasteiger partial charge in [-0.15, -0.1) is 22.7 Å². The highest BCUT2D eigenvalue weighted by Gasteiger charge is 2.20. The average Bonchev–Trinajstić information content (AvgIpc) is 3.38. The number of thiazole rings is 2. The van der Waals surface area contributed by atoms with Crippen molar-refractivity contribution >= 4 is 34.6 Å². The first kappa shape index (κ1) is 21.9. The van der Waals surface area contributed by atoms with Crippen LogP contribution in [0.5, 0.6) is 0 Å². The third-order valence-electron chi connectivity index (χ3n) is 4.25. The summed E-state index contributed by atoms with van der Waals surface area (Å²) in [4.78, 5) is 26.1. The number of rotatable bonds is 7. The Hall–Kier alpha value is -2.78. The standard InChI is InChI=1S/C21H25N5O2S2/c1-5-28-20(27)18-13(2)24-19(30-18)14(3)25-21(22-4)23-11-17-26-16(12-29-17)15-9-7-6-8-10-15/h6-10,12,14H,5,11H2,1-4H3,(H2,22,23,25). The normalized spacial score (nSPS) is 12.5. The zero-order valence-electron chi connectivity index (χ0n) is 17.4. The molecule has 1 atom stereocenters. The van der Waals surface area contributed by atoms with Crippen molar-refractivity contribution in [3.8, 4) is 11.3 Å². The zero-order chi connectivity index (χ0) is 21.5. The summed E-state index contributed by atoms with van der Waals surface area (Å²) in [6, 6.07) is 10.00. The van der Waals surface area contributed by atoms with Crippen molar-refractivity contribution in [2.24, 2.45) is 4.99 Å². The van der Waals surface area contributed by atoms with Crippen molar-refractivity contribution in [3.63, 3.8) is 0 Å². The maximum absolute atomic E-state index is 12.0. The van der Waals surface area contributed by atoms with Crippen molar-refractivity contribution in [2.75, 3.05) is 13.7 Å². The Bertz CT molecular complexity index is 1010. The predicted octanol–water partition coefficient (Wildman–Crippen LogP) is 4.18. The number of carbonyl (C=O) groups is 1. The maximum atomic E-state index is 12.0. The van der Waals surface area contributed by atoms with Gasteiger partial charge in [0.15, 0.2) is 5.96 Å². The second-order valence-corrected chi connectivity index (χ2v) is 8.44. The Labute approximate surface area is 184 Å². The van der Waals surface area contributed by atoms with Gasteiger partial charge in [0.05, 0.1) is 30.6 Å². The summed E-state index contributed by atoms with van der Waals surface area (Å²) < 4.78 is 5.09. The number of hydrogen-bond acceptors (Lipinski definition) is 7. The van der Waals surface area contributed by atoms with E-state index in [1.165, 1.54) is 11.3 Å². The quantitative estimate of drug-likeness (QED) is 0.324. The van der Waals surface area contributed by atoms with Crippen LogP contribution in [0.2, 0.25) is 0 Å². The minimum Gasteiger partial charge on any atom is -0.462 e. The summed E-state index contributed by atoms with van der Waals surface area (Å²) in [6.07, 6.45) is 0. The van der Waals surface area contributed by atoms with Gasteiger partial charge in [-0.2, -0.15) is 0 Å². The highest BCUT2D eigenvalue weighted by atomic mass is 32.1. The van der Waals surface area contributed by atoms with Crippen LogP contribution in [0.1, 0.15) is 45.3 Å². The third-order valence-corrected chi connectivity index (χ3v) is 6.42. The van der Waals surface area contributed by atoms with Crippen LogP contribution in [0.15, 0.2) is 40.7 Å². The fourth-order valence-electron chi connectivity index (χ4n) is 2.74. The number of ether oxygens (including phenoxy) is 1. The monoisotopic (exact) mass is 443 g/mol. The Balaban J connectivity index is 1.59. The largest absolute Gasteiger partial charge is 0.462 e. The Kier molecular flexibility index (Phi) is 7.53. The number of esters is 1. The molecule has 0 saturated heterocycles. The van der Waals surface area contributed by atoms with E-state index in [-0.39, 0.29) is 12.0 Å². The average molecular weight is 444 g/mol. The lowest BCUT2D eigenvalue weighted by Gasteiger charge is -2.15. The van der Waals surface area contributed by atoms with Gasteiger partial charge in [0, 0.05) is 18.0 Å². The van der Waals surface area contributed by atoms with Crippen LogP contribution in [0, 0.1) is 6.92 Å². The number of nitrogens with zero attached hydrogens (tertiary/aromatic N) is 3. The lowest BCUT2D eigenvalue weighted by Crippen LogP contribution is -2.38. The minimum atomic E-state index is -0.327. The molecule has 0 aliphatic rings. The molecular weight excluding hydrogens is 418 g/mol. The summed E-state index contributed by atoms with van der Waals surface area (Å²) in [6.45, 7) is 6.50. The molecule has 3 aromatic rings. The van der Waals surface area contributed by atoms with E-state index < -0.39 is 0 Å². The molecule has 158 valence electrons. The first-order valence-electron chi connectivity index (χ1n) is 9.63. The SMILES string of the molecule is CCOC(=O)c1sc(C(C)NC(=NC)NCc2nc(-c3ccccc3)cs2)nc1C. The molecule has 1 aromatic carbocycles. The van der Waals surface area contributed by atoms with E-state index in [0.717, 1.165) is 21.3 Å². The molecule has 0 spiro atoms. The first-order chi connectivity index (χ1) is 14.5. The number of aryl methyl sites for hydroxylation is 1. The number of aromatic nitrogens is 2. The van der Waals surface area contributed by atoms with E-state index in [4.69, 9.17) is 4.74 Å². The highest BCUT2D eigenvalue weighted by Crippen LogP contribution is 2.24. The molecule has 9 heteroatoms. The molecule has 0 amide bonds. The first-order valence-corrected chi connectivity index (χ1v) is 11.3. The molecule has 3 rings (SSSR count). The second-order valence-electron chi connectivity index (χ2n) is 6.47. The van der Waals surface area contributed by atoms with Gasteiger partial charge in [0.1, 0.15) is 14.9 Å². The molecule has 0 aliphatic heterocycles. The number of carbonyl (C=O) groups excluding carboxylic acids is 1. The fraction of sp³-hybridized carbons (Fsp3) is 0.333. The summed E-state index contributed by atoms with van der Waals surface area (Å²) in [5, 5.41) is 10.4. The molecule has 0 radical (unpaired) electrons. The highest BCUT2D eigenvalue weighted by molar-refractivity contribution is 7.13. The van der Waals surface area contributed by atoms with Gasteiger partial charge < -0.3 is 15.4 Å². The summed E-state index contributed by atoms with van der Waals surface area (Å²) in [5.74, 6) is 0.316. The predicted molar refractivity (Wildman–Crippen MR) is 122 cm³/mol. The molecule has 0 fully saturated rings. The number of aliphatic imine (C=N–C) groups is 1. The van der Waals surface area contributed by atoms with Crippen LogP contribution in [0.4, 0.5) is 0 Å². The molecular formula is C21H25N5O2S2. The molecule has 30 heavy (non-hydrogen) atoms. The third kappa shape index (κ3) is 5.43. The number of guanidine groups is 1. The molecule has 0 saturated carbocycles. The van der Waals surface area contributed by atoms with Gasteiger partial charge in [0.2, 0.25) is 0 Å². The van der Waals surface area contributed by atoms with Crippen molar-refractivity contribution < 1.29 is 9.53 Å². The summed E-state index contributed by atoms with van der Waals surface area (Å²) in [5.41, 5.74) is 2.76. The Morgan fingerprint density at radius 3 is 2.73 bits per heavy atom. The number of benzene rings is 1. The maximum Gasteiger partial charge on any atom is 0.350 e. The molecule has 1 unspecified atom stereocenters. The van der Waals surface area contributed by atoms with Crippen LogP contribution in [0.25, 0.3) is 11.3 Å². The van der Waals surface area contributed by atoms with E-state index >= 15 is 0 Å². The van der Waals surface area contributed by atoms with Gasteiger partial charge in [-0.1, -0.05) is 30.3 Å². The lowest BCUT2D eigenvalue weighted by atomic mass is 10.2. The van der Waals surface area contributed by atoms with E-state index in [9.17, 15) is 4.79 Å². The molecule has 0 aliphatic carbocycles. The van der Waals surface area contributed by atoms with Crippen LogP contribution in [-0.4, -0.2) is 35.6 Å². The topological polar surface area (TPSA) is 88.5 Å². The summed E-state index contributed by atoms with van der Waals surface area (Å²) in [7, 11) is 1.72. The van der Waals surface area contributed by atoms with E-state index in [0.29, 0.717) is 29.7 Å². The van der Waals surface area contributed by atoms with Crippen molar-refractivity contribution in [2.45, 2.75) is 33.4 Å². The van der Waals surface area contributed by atoms with E-state index in [1.54, 1.807) is 25.3 Å². The van der Waals surface area contributed by atoms with Gasteiger partial charge in [-0.05, 0) is 20.8 Å². The van der Waals surface area contributed by atoms with Gasteiger partial charge >= 0.3 is 5.97 Å². The van der Waals surface area contributed by atoms with Crippen LogP contribution in [-0.2, 0) is 11.3 Å². The number of hydrogen-bond donors (Lipinski definition) is 2. The van der Waals surface area contributed by atoms with E-state index in [1.807, 2.05) is 32.0 Å². The Morgan fingerprint density at radius 1 is 1.27 bits per heavy atom. The molecule has 2 heterocycles. The second kappa shape index (κ2) is 10.3. The van der Waals surface area contributed by atoms with Crippen molar-refractivity contribution in [1.82, 2.24) is 20.6 Å². The van der Waals surface area contributed by atoms with Crippen LogP contribution in [0.3, 0.4) is 0 Å². The molecule has 2 aromatic heterocycles. The molecule has 0 bridgehead atoms. The van der Waals surface area contributed by atoms with Crippen LogP contribution >= 0.6 is 22.7 Å². The molecule has 7 nitrogen and oxygen atoms in total. The zero-order valence-corrected chi connectivity index (χ0v) is 19.1.